The Morgan fingerprint density at radius 1 is 1.06 bits per heavy atom. The highest BCUT2D eigenvalue weighted by Crippen LogP contribution is 2.24. The number of nitrogens with one attached hydrogen (secondary N) is 1. The number of hydrogen-bond acceptors (Lipinski definition) is 9. The number of carbonyl (C=O) groups is 3. The van der Waals surface area contributed by atoms with Crippen molar-refractivity contribution < 1.29 is 41.6 Å². The lowest BCUT2D eigenvalue weighted by Gasteiger charge is -2.07. The van der Waals surface area contributed by atoms with Crippen LogP contribution in [0.4, 0.5) is 0 Å². The van der Waals surface area contributed by atoms with Gasteiger partial charge >= 0.3 is 11.9 Å². The van der Waals surface area contributed by atoms with Crippen molar-refractivity contribution in [1.29, 1.82) is 5.41 Å². The second kappa shape index (κ2) is 11.4. The van der Waals surface area contributed by atoms with E-state index < -0.39 is 33.9 Å². The fourth-order valence-electron chi connectivity index (χ4n) is 2.79. The minimum atomic E-state index is -3.67. The summed E-state index contributed by atoms with van der Waals surface area (Å²) in [6.45, 7) is 0. The number of amidine groups is 1. The summed E-state index contributed by atoms with van der Waals surface area (Å²) in [6.07, 6.45) is 0.143. The molecule has 12 nitrogen and oxygen atoms in total. The van der Waals surface area contributed by atoms with Crippen molar-refractivity contribution in [3.63, 3.8) is 0 Å². The van der Waals surface area contributed by atoms with Gasteiger partial charge in [-0.15, -0.1) is 0 Å². The van der Waals surface area contributed by atoms with Gasteiger partial charge in [0, 0.05) is 12.0 Å². The first-order valence-corrected chi connectivity index (χ1v) is 11.7. The number of furan rings is 1. The van der Waals surface area contributed by atoms with Gasteiger partial charge in [0.25, 0.3) is 10.1 Å². The molecule has 3 aromatic rings. The molecule has 35 heavy (non-hydrogen) atoms. The maximum Gasteiger partial charge on any atom is 0.379 e. The van der Waals surface area contributed by atoms with Crippen LogP contribution in [-0.2, 0) is 19.7 Å². The van der Waals surface area contributed by atoms with Gasteiger partial charge < -0.3 is 25.7 Å². The van der Waals surface area contributed by atoms with Crippen molar-refractivity contribution in [2.45, 2.75) is 18.9 Å². The Labute approximate surface area is 199 Å². The predicted molar refractivity (Wildman–Crippen MR) is 125 cm³/mol. The zero-order chi connectivity index (χ0) is 26.3. The molecule has 0 saturated carbocycles. The summed E-state index contributed by atoms with van der Waals surface area (Å²) in [7, 11) is -3.67. The molecule has 13 heteroatoms. The van der Waals surface area contributed by atoms with Crippen LogP contribution in [-0.4, -0.2) is 47.9 Å². The maximum atomic E-state index is 12.4. The van der Waals surface area contributed by atoms with Crippen molar-refractivity contribution in [3.8, 4) is 5.75 Å². The number of fused-ring (bicyclic) bond motifs is 1. The molecule has 0 bridgehead atoms. The third-order valence-electron chi connectivity index (χ3n) is 4.40. The highest BCUT2D eigenvalue weighted by Gasteiger charge is 2.22. The summed E-state index contributed by atoms with van der Waals surface area (Å²) in [5.41, 5.74) is 11.8. The van der Waals surface area contributed by atoms with Crippen LogP contribution in [0.25, 0.3) is 10.8 Å². The number of carbonyl (C=O) groups excluding carboxylic acids is 2. The lowest BCUT2D eigenvalue weighted by Crippen LogP contribution is -2.21. The van der Waals surface area contributed by atoms with Gasteiger partial charge in [-0.3, -0.25) is 19.6 Å². The Balaban J connectivity index is 0.000000784. The number of hydrogen-bond donors (Lipinski definition) is 5. The van der Waals surface area contributed by atoms with Crippen LogP contribution in [0.3, 0.4) is 0 Å². The Morgan fingerprint density at radius 2 is 1.66 bits per heavy atom. The number of ether oxygens (including phenoxy) is 1. The smallest absolute Gasteiger partial charge is 0.379 e. The third kappa shape index (κ3) is 8.66. The van der Waals surface area contributed by atoms with E-state index >= 15 is 0 Å². The number of Topliss-reactive ketones (excluding diaryl/α,β-unsaturated/α-hetero) is 1. The molecular weight excluding hydrogens is 482 g/mol. The summed E-state index contributed by atoms with van der Waals surface area (Å²) < 4.78 is 36.5. The first-order valence-electron chi connectivity index (χ1n) is 9.87. The minimum Gasteiger partial charge on any atom is -0.481 e. The van der Waals surface area contributed by atoms with E-state index in [1.54, 1.807) is 36.4 Å². The fourth-order valence-corrected chi connectivity index (χ4v) is 2.79. The average Bonchev–Trinajstić information content (AvgIpc) is 3.25. The number of rotatable bonds is 8. The number of nitrogens with two attached hydrogens (primary N) is 2. The van der Waals surface area contributed by atoms with Crippen molar-refractivity contribution in [2.75, 3.05) is 6.26 Å². The van der Waals surface area contributed by atoms with Gasteiger partial charge in [0.2, 0.25) is 5.76 Å². The van der Waals surface area contributed by atoms with Crippen LogP contribution in [0.1, 0.15) is 40.8 Å². The number of benzene rings is 2. The number of carboxylic acids is 1. The first-order chi connectivity index (χ1) is 16.2. The lowest BCUT2D eigenvalue weighted by atomic mass is 10.1. The van der Waals surface area contributed by atoms with Gasteiger partial charge in [-0.1, -0.05) is 18.2 Å². The average molecular weight is 506 g/mol. The van der Waals surface area contributed by atoms with E-state index in [-0.39, 0.29) is 35.9 Å². The van der Waals surface area contributed by atoms with Crippen molar-refractivity contribution >= 4 is 44.4 Å². The standard InChI is InChI=1S/C21H19N3O6.CH4O3S/c22-19(15(25)5-8-18(26)27)16-6-7-17(30-16)21(28)29-14-4-3-11-9-13(20(23)24)2-1-12(11)10-14;1-5(2,3)4/h1-4,6-7,9-10,19H,5,8,22H2,(H3,23,24)(H,26,27);1H3,(H,2,3,4). The molecular formula is C22H23N3O9S. The molecule has 0 saturated heterocycles. The molecule has 1 heterocycles. The molecule has 7 N–H and O–H groups in total. The Morgan fingerprint density at radius 3 is 2.26 bits per heavy atom. The fraction of sp³-hybridized carbons (Fsp3) is 0.182. The van der Waals surface area contributed by atoms with Crippen LogP contribution in [0.15, 0.2) is 52.9 Å². The molecule has 0 aliphatic heterocycles. The minimum absolute atomic E-state index is 0.0410. The second-order valence-electron chi connectivity index (χ2n) is 7.30. The summed E-state index contributed by atoms with van der Waals surface area (Å²) in [6, 6.07) is 11.7. The highest BCUT2D eigenvalue weighted by atomic mass is 32.2. The zero-order valence-electron chi connectivity index (χ0n) is 18.4. The number of nitrogen functional groups attached to an aromatic ring is 1. The maximum absolute atomic E-state index is 12.4. The third-order valence-corrected chi connectivity index (χ3v) is 4.40. The van der Waals surface area contributed by atoms with Gasteiger partial charge in [-0.2, -0.15) is 8.42 Å². The van der Waals surface area contributed by atoms with Gasteiger partial charge in [-0.25, -0.2) is 4.79 Å². The molecule has 1 unspecified atom stereocenters. The Hall–Kier alpha value is -4.07. The van der Waals surface area contributed by atoms with Crippen LogP contribution in [0.2, 0.25) is 0 Å². The number of ketones is 1. The second-order valence-corrected chi connectivity index (χ2v) is 8.77. The van der Waals surface area contributed by atoms with Gasteiger partial charge in [0.1, 0.15) is 23.4 Å². The van der Waals surface area contributed by atoms with E-state index in [0.29, 0.717) is 11.8 Å². The SMILES string of the molecule is CS(=O)(=O)O.N=C(N)c1ccc2cc(OC(=O)c3ccc(C(N)C(=O)CCC(=O)O)o3)ccc2c1. The van der Waals surface area contributed by atoms with Crippen LogP contribution < -0.4 is 16.2 Å². The normalized spacial score (nSPS) is 11.7. The molecule has 0 spiro atoms. The summed E-state index contributed by atoms with van der Waals surface area (Å²) in [4.78, 5) is 34.8. The van der Waals surface area contributed by atoms with E-state index in [1.165, 1.54) is 12.1 Å². The molecule has 0 aliphatic rings. The topological polar surface area (TPSA) is 224 Å². The highest BCUT2D eigenvalue weighted by molar-refractivity contribution is 7.85. The molecule has 0 fully saturated rings. The molecule has 0 radical (unpaired) electrons. The van der Waals surface area contributed by atoms with Gasteiger partial charge in [-0.05, 0) is 41.1 Å². The molecule has 186 valence electrons. The van der Waals surface area contributed by atoms with Crippen molar-refractivity contribution in [2.24, 2.45) is 11.5 Å². The summed E-state index contributed by atoms with van der Waals surface area (Å²) in [5, 5.41) is 17.7. The Kier molecular flexibility index (Phi) is 8.83. The van der Waals surface area contributed by atoms with Crippen LogP contribution in [0, 0.1) is 5.41 Å². The Bertz CT molecular complexity index is 1370. The summed E-state index contributed by atoms with van der Waals surface area (Å²) in [5.74, 6) is -2.24. The van der Waals surface area contributed by atoms with Crippen molar-refractivity contribution in [3.05, 3.63) is 65.6 Å². The molecule has 3 rings (SSSR count). The number of aliphatic carboxylic acids is 1. The van der Waals surface area contributed by atoms with Crippen LogP contribution >= 0.6 is 0 Å². The van der Waals surface area contributed by atoms with Crippen LogP contribution in [0.5, 0.6) is 5.75 Å². The number of carboxylic acid groups (broad SMARTS) is 1. The van der Waals surface area contributed by atoms with E-state index in [1.807, 2.05) is 0 Å². The van der Waals surface area contributed by atoms with E-state index in [4.69, 9.17) is 35.7 Å². The summed E-state index contributed by atoms with van der Waals surface area (Å²) >= 11 is 0. The largest absolute Gasteiger partial charge is 0.481 e. The molecule has 1 atom stereocenters. The van der Waals surface area contributed by atoms with Gasteiger partial charge in [0.15, 0.2) is 5.78 Å². The van der Waals surface area contributed by atoms with E-state index in [9.17, 15) is 22.8 Å². The van der Waals surface area contributed by atoms with Crippen molar-refractivity contribution in [1.82, 2.24) is 0 Å². The lowest BCUT2D eigenvalue weighted by molar-refractivity contribution is -0.138. The first kappa shape index (κ1) is 27.2. The molecule has 0 aliphatic carbocycles. The molecule has 1 aromatic heterocycles. The monoisotopic (exact) mass is 505 g/mol. The zero-order valence-corrected chi connectivity index (χ0v) is 19.2. The number of esters is 1. The predicted octanol–water partition coefficient (Wildman–Crippen LogP) is 1.87. The van der Waals surface area contributed by atoms with E-state index in [2.05, 4.69) is 0 Å². The van der Waals surface area contributed by atoms with E-state index in [0.717, 1.165) is 10.8 Å². The quantitative estimate of drug-likeness (QED) is 0.0976. The molecule has 2 aromatic carbocycles. The van der Waals surface area contributed by atoms with Gasteiger partial charge in [0.05, 0.1) is 12.7 Å². The molecule has 0 amide bonds.